The molecule has 0 radical (unpaired) electrons. The van der Waals surface area contributed by atoms with E-state index < -0.39 is 10.0 Å². The number of anilines is 1. The first-order chi connectivity index (χ1) is 17.1. The van der Waals surface area contributed by atoms with Crippen molar-refractivity contribution in [3.05, 3.63) is 50.7 Å². The van der Waals surface area contributed by atoms with Gasteiger partial charge >= 0.3 is 0 Å². The summed E-state index contributed by atoms with van der Waals surface area (Å²) in [5.74, 6) is 0.896. The van der Waals surface area contributed by atoms with Crippen LogP contribution in [0.1, 0.15) is 19.3 Å². The topological polar surface area (TPSA) is 124 Å². The highest BCUT2D eigenvalue weighted by Gasteiger charge is 2.30. The second kappa shape index (κ2) is 10.3. The zero-order valence-corrected chi connectivity index (χ0v) is 22.2. The van der Waals surface area contributed by atoms with E-state index in [0.29, 0.717) is 29.0 Å². The van der Waals surface area contributed by atoms with Gasteiger partial charge in [-0.2, -0.15) is 4.98 Å². The van der Waals surface area contributed by atoms with Crippen LogP contribution in [0.2, 0.25) is 10.0 Å². The maximum absolute atomic E-state index is 13.4. The van der Waals surface area contributed by atoms with Crippen LogP contribution in [0.25, 0.3) is 22.2 Å². The summed E-state index contributed by atoms with van der Waals surface area (Å²) in [6, 6.07) is 2.62. The Hall–Kier alpha value is -2.86. The molecule has 3 aromatic rings. The standard InChI is InChI=1S/C23H25Cl2N5O5S/c1-5-36(32,33)29-15-8-6-7-14(15)27-23-26-11-12-9-13(22(31)30(2)21(12)28-23)18-19(24)16(34-3)10-17(35-4)20(18)25/h5,9-11,14-15,29H,1,6-8H2,2-4H3,(H,26,27,28)/t14-,15+/m1/s1. The number of fused-ring (bicyclic) bond motifs is 1. The van der Waals surface area contributed by atoms with Crippen LogP contribution in [0.5, 0.6) is 11.5 Å². The van der Waals surface area contributed by atoms with Crippen LogP contribution in [0.15, 0.2) is 35.1 Å². The quantitative estimate of drug-likeness (QED) is 0.432. The molecule has 1 saturated carbocycles. The predicted molar refractivity (Wildman–Crippen MR) is 141 cm³/mol. The molecule has 2 aromatic heterocycles. The number of pyridine rings is 1. The number of halogens is 2. The van der Waals surface area contributed by atoms with Crippen molar-refractivity contribution in [1.82, 2.24) is 19.3 Å². The van der Waals surface area contributed by atoms with Crippen molar-refractivity contribution in [1.29, 1.82) is 0 Å². The SMILES string of the molecule is C=CS(=O)(=O)N[C@H]1CCC[C@H]1Nc1ncc2cc(-c3c(Cl)c(OC)cc(OC)c3Cl)c(=O)n(C)c2n1. The Bertz CT molecular complexity index is 1480. The van der Waals surface area contributed by atoms with Gasteiger partial charge in [0.05, 0.1) is 29.8 Å². The Morgan fingerprint density at radius 2 is 1.78 bits per heavy atom. The molecule has 192 valence electrons. The Kier molecular flexibility index (Phi) is 7.46. The van der Waals surface area contributed by atoms with E-state index in [9.17, 15) is 13.2 Å². The molecule has 1 aliphatic rings. The molecule has 2 heterocycles. The largest absolute Gasteiger partial charge is 0.495 e. The molecule has 0 saturated heterocycles. The molecule has 0 amide bonds. The third-order valence-electron chi connectivity index (χ3n) is 6.16. The summed E-state index contributed by atoms with van der Waals surface area (Å²) in [4.78, 5) is 22.3. The number of methoxy groups -OCH3 is 2. The Labute approximate surface area is 218 Å². The van der Waals surface area contributed by atoms with Gasteiger partial charge in [-0.1, -0.05) is 29.8 Å². The highest BCUT2D eigenvalue weighted by molar-refractivity contribution is 7.92. The molecular weight excluding hydrogens is 529 g/mol. The maximum atomic E-state index is 13.4. The van der Waals surface area contributed by atoms with Gasteiger partial charge in [0.25, 0.3) is 5.56 Å². The number of ether oxygens (including phenoxy) is 2. The van der Waals surface area contributed by atoms with E-state index in [0.717, 1.165) is 18.2 Å². The number of hydrogen-bond acceptors (Lipinski definition) is 8. The molecule has 10 nitrogen and oxygen atoms in total. The minimum absolute atomic E-state index is 0.174. The van der Waals surface area contributed by atoms with E-state index in [-0.39, 0.29) is 44.8 Å². The van der Waals surface area contributed by atoms with Gasteiger partial charge < -0.3 is 14.8 Å². The zero-order valence-electron chi connectivity index (χ0n) is 19.8. The van der Waals surface area contributed by atoms with Crippen molar-refractivity contribution in [3.8, 4) is 22.6 Å². The van der Waals surface area contributed by atoms with E-state index in [1.165, 1.54) is 18.8 Å². The Morgan fingerprint density at radius 1 is 1.14 bits per heavy atom. The van der Waals surface area contributed by atoms with Crippen LogP contribution in [0.4, 0.5) is 5.95 Å². The summed E-state index contributed by atoms with van der Waals surface area (Å²) >= 11 is 13.1. The van der Waals surface area contributed by atoms with Gasteiger partial charge in [-0.3, -0.25) is 9.36 Å². The summed E-state index contributed by atoms with van der Waals surface area (Å²) in [7, 11) is 0.918. The number of nitrogens with zero attached hydrogens (tertiary/aromatic N) is 3. The molecule has 2 atom stereocenters. The number of aryl methyl sites for hydroxylation is 1. The minimum atomic E-state index is -3.58. The Morgan fingerprint density at radius 3 is 2.39 bits per heavy atom. The third-order valence-corrected chi connectivity index (χ3v) is 7.98. The summed E-state index contributed by atoms with van der Waals surface area (Å²) in [5, 5.41) is 5.00. The lowest BCUT2D eigenvalue weighted by molar-refractivity contribution is 0.395. The van der Waals surface area contributed by atoms with Crippen LogP contribution >= 0.6 is 23.2 Å². The second-order valence-corrected chi connectivity index (χ2v) is 10.7. The van der Waals surface area contributed by atoms with Gasteiger partial charge in [-0.05, 0) is 25.3 Å². The molecule has 0 bridgehead atoms. The van der Waals surface area contributed by atoms with E-state index in [4.69, 9.17) is 32.7 Å². The number of hydrogen-bond donors (Lipinski definition) is 2. The molecule has 4 rings (SSSR count). The van der Waals surface area contributed by atoms with Crippen LogP contribution in [0, 0.1) is 0 Å². The predicted octanol–water partition coefficient (Wildman–Crippen LogP) is 3.72. The molecule has 1 aromatic carbocycles. The van der Waals surface area contributed by atoms with E-state index >= 15 is 0 Å². The molecule has 0 spiro atoms. The van der Waals surface area contributed by atoms with Crippen molar-refractivity contribution in [2.24, 2.45) is 7.05 Å². The van der Waals surface area contributed by atoms with E-state index in [1.54, 1.807) is 25.4 Å². The van der Waals surface area contributed by atoms with E-state index in [1.807, 2.05) is 0 Å². The van der Waals surface area contributed by atoms with Gasteiger partial charge in [0.2, 0.25) is 16.0 Å². The number of aromatic nitrogens is 3. The number of nitrogens with one attached hydrogen (secondary N) is 2. The maximum Gasteiger partial charge on any atom is 0.259 e. The summed E-state index contributed by atoms with van der Waals surface area (Å²) in [6.45, 7) is 3.34. The van der Waals surface area contributed by atoms with Gasteiger partial charge in [0.1, 0.15) is 17.1 Å². The first-order valence-electron chi connectivity index (χ1n) is 11.0. The molecule has 36 heavy (non-hydrogen) atoms. The van der Waals surface area contributed by atoms with Crippen molar-refractivity contribution in [3.63, 3.8) is 0 Å². The van der Waals surface area contributed by atoms with Crippen molar-refractivity contribution in [2.75, 3.05) is 19.5 Å². The van der Waals surface area contributed by atoms with Crippen LogP contribution in [-0.2, 0) is 17.1 Å². The van der Waals surface area contributed by atoms with Gasteiger partial charge in [0.15, 0.2) is 0 Å². The monoisotopic (exact) mass is 553 g/mol. The van der Waals surface area contributed by atoms with Gasteiger partial charge in [0, 0.05) is 47.8 Å². The molecule has 1 aliphatic carbocycles. The number of benzene rings is 1. The lowest BCUT2D eigenvalue weighted by atomic mass is 10.0. The fraction of sp³-hybridized carbons (Fsp3) is 0.348. The fourth-order valence-corrected chi connectivity index (χ4v) is 5.82. The summed E-state index contributed by atoms with van der Waals surface area (Å²) in [5.41, 5.74) is 0.507. The highest BCUT2D eigenvalue weighted by Crippen LogP contribution is 2.45. The lowest BCUT2D eigenvalue weighted by Gasteiger charge is -2.21. The number of sulfonamides is 1. The molecule has 1 fully saturated rings. The van der Waals surface area contributed by atoms with Crippen LogP contribution in [0.3, 0.4) is 0 Å². The average Bonchev–Trinajstić information content (AvgIpc) is 3.28. The molecular formula is C23H25Cl2N5O5S. The molecule has 0 aliphatic heterocycles. The lowest BCUT2D eigenvalue weighted by Crippen LogP contribution is -2.42. The normalized spacial score (nSPS) is 17.8. The highest BCUT2D eigenvalue weighted by atomic mass is 35.5. The first kappa shape index (κ1) is 26.2. The average molecular weight is 554 g/mol. The van der Waals surface area contributed by atoms with Crippen molar-refractivity contribution >= 4 is 50.2 Å². The van der Waals surface area contributed by atoms with Crippen molar-refractivity contribution < 1.29 is 17.9 Å². The minimum Gasteiger partial charge on any atom is -0.495 e. The van der Waals surface area contributed by atoms with Crippen molar-refractivity contribution in [2.45, 2.75) is 31.3 Å². The fourth-order valence-electron chi connectivity index (χ4n) is 4.32. The smallest absolute Gasteiger partial charge is 0.259 e. The second-order valence-electron chi connectivity index (χ2n) is 8.30. The summed E-state index contributed by atoms with van der Waals surface area (Å²) < 4.78 is 38.5. The van der Waals surface area contributed by atoms with Gasteiger partial charge in [-0.15, -0.1) is 0 Å². The van der Waals surface area contributed by atoms with Crippen LogP contribution < -0.4 is 25.1 Å². The zero-order chi connectivity index (χ0) is 26.2. The molecule has 2 N–H and O–H groups in total. The molecule has 0 unspecified atom stereocenters. The molecule has 13 heteroatoms. The van der Waals surface area contributed by atoms with Gasteiger partial charge in [-0.25, -0.2) is 18.1 Å². The Balaban J connectivity index is 1.75. The van der Waals surface area contributed by atoms with E-state index in [2.05, 4.69) is 26.6 Å². The third kappa shape index (κ3) is 4.88. The number of rotatable bonds is 8. The van der Waals surface area contributed by atoms with Crippen LogP contribution in [-0.4, -0.2) is 49.3 Å². The first-order valence-corrected chi connectivity index (χ1v) is 13.3. The summed E-state index contributed by atoms with van der Waals surface area (Å²) in [6.07, 6.45) is 3.82.